The van der Waals surface area contributed by atoms with Gasteiger partial charge >= 0.3 is 0 Å². The number of nitrogens with one attached hydrogen (secondary N) is 1. The molecule has 0 aromatic heterocycles. The molecule has 4 aliphatic heterocycles. The molecular formula is C24H44N4O. The van der Waals surface area contributed by atoms with Crippen LogP contribution in [0.2, 0.25) is 0 Å². The summed E-state index contributed by atoms with van der Waals surface area (Å²) in [5.74, 6) is 1.99. The Morgan fingerprint density at radius 3 is 2.59 bits per heavy atom. The third-order valence-electron chi connectivity index (χ3n) is 8.25. The van der Waals surface area contributed by atoms with Gasteiger partial charge in [-0.25, -0.2) is 0 Å². The monoisotopic (exact) mass is 404 g/mol. The molecule has 0 aromatic rings. The third-order valence-corrected chi connectivity index (χ3v) is 8.25. The lowest BCUT2D eigenvalue weighted by atomic mass is 9.69. The van der Waals surface area contributed by atoms with Gasteiger partial charge in [0.1, 0.15) is 0 Å². The average molecular weight is 405 g/mol. The van der Waals surface area contributed by atoms with Gasteiger partial charge < -0.3 is 15.1 Å². The second-order valence-corrected chi connectivity index (χ2v) is 10.2. The summed E-state index contributed by atoms with van der Waals surface area (Å²) < 4.78 is 0. The Bertz CT molecular complexity index is 519. The number of carbonyl (C=O) groups is 1. The van der Waals surface area contributed by atoms with Gasteiger partial charge in [0.2, 0.25) is 5.91 Å². The zero-order valence-corrected chi connectivity index (χ0v) is 18.8. The molecule has 29 heavy (non-hydrogen) atoms. The van der Waals surface area contributed by atoms with Gasteiger partial charge in [-0.05, 0) is 109 Å². The molecule has 5 nitrogen and oxygen atoms in total. The fourth-order valence-corrected chi connectivity index (χ4v) is 6.92. The first kappa shape index (κ1) is 21.6. The van der Waals surface area contributed by atoms with E-state index in [1.807, 2.05) is 0 Å². The normalized spacial score (nSPS) is 34.0. The van der Waals surface area contributed by atoms with Crippen molar-refractivity contribution in [2.45, 2.75) is 82.7 Å². The van der Waals surface area contributed by atoms with Gasteiger partial charge in [-0.15, -0.1) is 0 Å². The van der Waals surface area contributed by atoms with Crippen molar-refractivity contribution in [3.8, 4) is 0 Å². The Labute approximate surface area is 178 Å². The number of piperidine rings is 4. The fourth-order valence-electron chi connectivity index (χ4n) is 6.92. The first-order chi connectivity index (χ1) is 14.2. The lowest BCUT2D eigenvalue weighted by Gasteiger charge is -2.57. The molecule has 0 bridgehead atoms. The smallest absolute Gasteiger partial charge is 0.219 e. The summed E-state index contributed by atoms with van der Waals surface area (Å²) in [6, 6.07) is 1.52. The molecule has 1 N–H and O–H groups in total. The minimum atomic E-state index is 0.267. The highest BCUT2D eigenvalue weighted by Crippen LogP contribution is 2.42. The van der Waals surface area contributed by atoms with Gasteiger partial charge in [-0.3, -0.25) is 9.69 Å². The topological polar surface area (TPSA) is 38.8 Å². The highest BCUT2D eigenvalue weighted by atomic mass is 16.1. The van der Waals surface area contributed by atoms with E-state index in [0.29, 0.717) is 12.5 Å². The predicted molar refractivity (Wildman–Crippen MR) is 119 cm³/mol. The van der Waals surface area contributed by atoms with Gasteiger partial charge in [-0.2, -0.15) is 0 Å². The lowest BCUT2D eigenvalue weighted by Crippen LogP contribution is -2.63. The molecule has 4 aliphatic rings. The van der Waals surface area contributed by atoms with E-state index >= 15 is 0 Å². The zero-order chi connectivity index (χ0) is 20.1. The van der Waals surface area contributed by atoms with Crippen LogP contribution in [0.15, 0.2) is 0 Å². The molecule has 0 aliphatic carbocycles. The van der Waals surface area contributed by atoms with Gasteiger partial charge in [-0.1, -0.05) is 6.42 Å². The summed E-state index contributed by atoms with van der Waals surface area (Å²) in [7, 11) is 2.34. The maximum atomic E-state index is 12.3. The Balaban J connectivity index is 1.15. The van der Waals surface area contributed by atoms with Crippen molar-refractivity contribution in [3.63, 3.8) is 0 Å². The van der Waals surface area contributed by atoms with Gasteiger partial charge in [0, 0.05) is 31.6 Å². The molecule has 1 amide bonds. The van der Waals surface area contributed by atoms with Crippen LogP contribution in [0, 0.1) is 11.8 Å². The highest BCUT2D eigenvalue weighted by molar-refractivity contribution is 5.75. The molecule has 4 fully saturated rings. The minimum Gasteiger partial charge on any atom is -0.356 e. The number of nitrogens with zero attached hydrogens (tertiary/aromatic N) is 3. The van der Waals surface area contributed by atoms with Crippen molar-refractivity contribution >= 4 is 5.91 Å². The largest absolute Gasteiger partial charge is 0.356 e. The Hall–Kier alpha value is -0.650. The van der Waals surface area contributed by atoms with Crippen LogP contribution in [0.5, 0.6) is 0 Å². The summed E-state index contributed by atoms with van der Waals surface area (Å²) in [5.41, 5.74) is 0. The SMILES string of the molecule is CN1C[C@@H]2CCCN3CCC[C@@H]([C@H]23)[C@H]1CCCC(=O)NCCCN1CCCCC1. The Morgan fingerprint density at radius 2 is 1.76 bits per heavy atom. The van der Waals surface area contributed by atoms with Crippen molar-refractivity contribution in [3.05, 3.63) is 0 Å². The molecule has 4 rings (SSSR count). The number of amides is 1. The Morgan fingerprint density at radius 1 is 0.966 bits per heavy atom. The van der Waals surface area contributed by atoms with Crippen LogP contribution >= 0.6 is 0 Å². The van der Waals surface area contributed by atoms with E-state index in [9.17, 15) is 4.79 Å². The predicted octanol–water partition coefficient (Wildman–Crippen LogP) is 2.95. The zero-order valence-electron chi connectivity index (χ0n) is 18.8. The molecule has 166 valence electrons. The second-order valence-electron chi connectivity index (χ2n) is 10.2. The summed E-state index contributed by atoms with van der Waals surface area (Å²) in [5, 5.41) is 3.17. The molecule has 4 heterocycles. The van der Waals surface area contributed by atoms with Crippen LogP contribution in [0.1, 0.15) is 70.6 Å². The van der Waals surface area contributed by atoms with E-state index < -0.39 is 0 Å². The Kier molecular flexibility index (Phi) is 7.88. The standard InChI is InChI=1S/C24H44N4O/c1-26-19-20-9-6-17-28-18-7-10-21(24(20)28)22(26)11-5-12-23(29)25-13-8-16-27-14-3-2-4-15-27/h20-22,24H,2-19H2,1H3,(H,25,29)/t20-,21+,22+,24-/m0/s1. The van der Waals surface area contributed by atoms with E-state index in [-0.39, 0.29) is 5.91 Å². The van der Waals surface area contributed by atoms with Crippen LogP contribution in [0.3, 0.4) is 0 Å². The van der Waals surface area contributed by atoms with E-state index in [1.165, 1.54) is 84.1 Å². The van der Waals surface area contributed by atoms with E-state index in [1.54, 1.807) is 0 Å². The maximum absolute atomic E-state index is 12.3. The molecule has 5 heteroatoms. The quantitative estimate of drug-likeness (QED) is 0.632. The first-order valence-corrected chi connectivity index (χ1v) is 12.7. The van der Waals surface area contributed by atoms with Gasteiger partial charge in [0.05, 0.1) is 0 Å². The lowest BCUT2D eigenvalue weighted by molar-refractivity contribution is -0.121. The number of carbonyl (C=O) groups excluding carboxylic acids is 1. The number of hydrogen-bond donors (Lipinski definition) is 1. The molecule has 0 radical (unpaired) electrons. The summed E-state index contributed by atoms with van der Waals surface area (Å²) >= 11 is 0. The van der Waals surface area contributed by atoms with Crippen molar-refractivity contribution in [2.24, 2.45) is 11.8 Å². The second kappa shape index (κ2) is 10.6. The van der Waals surface area contributed by atoms with Gasteiger partial charge in [0.15, 0.2) is 0 Å². The van der Waals surface area contributed by atoms with Crippen LogP contribution in [0.4, 0.5) is 0 Å². The number of rotatable bonds is 8. The molecule has 0 unspecified atom stereocenters. The fraction of sp³-hybridized carbons (Fsp3) is 0.958. The summed E-state index contributed by atoms with van der Waals surface area (Å²) in [6.45, 7) is 8.42. The third kappa shape index (κ3) is 5.54. The van der Waals surface area contributed by atoms with E-state index in [0.717, 1.165) is 43.8 Å². The molecular weight excluding hydrogens is 360 g/mol. The highest BCUT2D eigenvalue weighted by Gasteiger charge is 2.47. The van der Waals surface area contributed by atoms with Crippen LogP contribution < -0.4 is 5.32 Å². The maximum Gasteiger partial charge on any atom is 0.219 e. The van der Waals surface area contributed by atoms with Crippen molar-refractivity contribution < 1.29 is 4.79 Å². The van der Waals surface area contributed by atoms with Crippen LogP contribution in [-0.2, 0) is 4.79 Å². The van der Waals surface area contributed by atoms with Crippen molar-refractivity contribution in [1.29, 1.82) is 0 Å². The van der Waals surface area contributed by atoms with Crippen molar-refractivity contribution in [2.75, 3.05) is 52.9 Å². The molecule has 4 saturated heterocycles. The van der Waals surface area contributed by atoms with Crippen LogP contribution in [0.25, 0.3) is 0 Å². The minimum absolute atomic E-state index is 0.267. The average Bonchev–Trinajstić information content (AvgIpc) is 2.74. The van der Waals surface area contributed by atoms with Crippen molar-refractivity contribution in [1.82, 2.24) is 20.0 Å². The molecule has 0 aromatic carbocycles. The molecule has 0 saturated carbocycles. The number of hydrogen-bond acceptors (Lipinski definition) is 4. The summed E-state index contributed by atoms with van der Waals surface area (Å²) in [4.78, 5) is 20.3. The van der Waals surface area contributed by atoms with E-state index in [4.69, 9.17) is 0 Å². The van der Waals surface area contributed by atoms with Gasteiger partial charge in [0.25, 0.3) is 0 Å². The number of likely N-dealkylation sites (tertiary alicyclic amines) is 2. The van der Waals surface area contributed by atoms with Crippen LogP contribution in [-0.4, -0.2) is 85.6 Å². The first-order valence-electron chi connectivity index (χ1n) is 12.7. The van der Waals surface area contributed by atoms with E-state index in [2.05, 4.69) is 27.1 Å². The molecule has 0 spiro atoms. The molecule has 4 atom stereocenters. The summed E-state index contributed by atoms with van der Waals surface area (Å²) in [6.07, 6.45) is 13.7.